The molecule has 3 aromatic carbocycles. The number of amides is 2. The van der Waals surface area contributed by atoms with Crippen LogP contribution in [0.25, 0.3) is 6.08 Å². The number of nitrogens with one attached hydrogen (secondary N) is 1. The fourth-order valence-electron chi connectivity index (χ4n) is 4.17. The number of carbonyl (C=O) groups excluding carboxylic acids is 2. The van der Waals surface area contributed by atoms with Crippen molar-refractivity contribution in [3.05, 3.63) is 87.8 Å². The van der Waals surface area contributed by atoms with Gasteiger partial charge in [0.25, 0.3) is 11.8 Å². The van der Waals surface area contributed by atoms with Crippen LogP contribution < -0.4 is 15.0 Å². The van der Waals surface area contributed by atoms with Crippen LogP contribution >= 0.6 is 23.4 Å². The molecule has 2 fully saturated rings. The van der Waals surface area contributed by atoms with E-state index in [0.29, 0.717) is 26.5 Å². The zero-order chi connectivity index (χ0) is 28.1. The fraction of sp³-hybridized carbons (Fsp3) is 0.233. The number of halogens is 1. The standard InChI is InChI=1S/C30H29ClN4O4S/c1-20-3-6-22(7-4-20)32-28(36)19-39-26-12-5-21(17-25(26)31)18-27-29(37)34(2)30(40-27)33-23-8-10-24(11-9-23)35-13-15-38-16-14-35/h3-12,17-18H,13-16,19H2,1-2H3,(H,32,36)/b27-18-,33-30?. The third-order valence-corrected chi connectivity index (χ3v) is 7.76. The molecule has 2 aliphatic rings. The maximum atomic E-state index is 12.9. The molecule has 10 heteroatoms. The van der Waals surface area contributed by atoms with Crippen molar-refractivity contribution < 1.29 is 19.1 Å². The Balaban J connectivity index is 1.21. The van der Waals surface area contributed by atoms with E-state index < -0.39 is 0 Å². The molecular formula is C30H29ClN4O4S. The zero-order valence-electron chi connectivity index (χ0n) is 22.2. The number of benzene rings is 3. The average Bonchev–Trinajstić information content (AvgIpc) is 3.22. The SMILES string of the molecule is Cc1ccc(NC(=O)COc2ccc(/C=C3\SC(=Nc4ccc(N5CCOCC5)cc4)N(C)C3=O)cc2Cl)cc1. The molecule has 2 aliphatic heterocycles. The number of morpholine rings is 1. The smallest absolute Gasteiger partial charge is 0.266 e. The number of hydrogen-bond acceptors (Lipinski definition) is 7. The maximum Gasteiger partial charge on any atom is 0.266 e. The molecule has 0 atom stereocenters. The van der Waals surface area contributed by atoms with Crippen LogP contribution in [0.2, 0.25) is 5.02 Å². The van der Waals surface area contributed by atoms with Gasteiger partial charge in [-0.1, -0.05) is 35.4 Å². The third kappa shape index (κ3) is 6.85. The summed E-state index contributed by atoms with van der Waals surface area (Å²) in [6.07, 6.45) is 1.77. The van der Waals surface area contributed by atoms with Gasteiger partial charge in [0.15, 0.2) is 11.8 Å². The first-order valence-corrected chi connectivity index (χ1v) is 14.0. The molecule has 2 saturated heterocycles. The van der Waals surface area contributed by atoms with Crippen molar-refractivity contribution in [3.8, 4) is 5.75 Å². The Morgan fingerprint density at radius 1 is 1.10 bits per heavy atom. The molecule has 40 heavy (non-hydrogen) atoms. The minimum atomic E-state index is -0.287. The van der Waals surface area contributed by atoms with Crippen LogP contribution in [-0.2, 0) is 14.3 Å². The molecule has 0 aliphatic carbocycles. The van der Waals surface area contributed by atoms with Crippen LogP contribution in [0.3, 0.4) is 0 Å². The number of anilines is 2. The quantitative estimate of drug-likeness (QED) is 0.361. The highest BCUT2D eigenvalue weighted by Crippen LogP contribution is 2.35. The predicted molar refractivity (Wildman–Crippen MR) is 162 cm³/mol. The van der Waals surface area contributed by atoms with Crippen LogP contribution in [0.5, 0.6) is 5.75 Å². The normalized spacial score (nSPS) is 17.5. The number of likely N-dealkylation sites (N-methyl/N-ethyl adjacent to an activating group) is 1. The minimum Gasteiger partial charge on any atom is -0.482 e. The van der Waals surface area contributed by atoms with Crippen molar-refractivity contribution in [2.75, 3.05) is 50.2 Å². The number of aryl methyl sites for hydroxylation is 1. The molecule has 206 valence electrons. The number of aliphatic imine (C=N–C) groups is 1. The molecule has 0 aromatic heterocycles. The lowest BCUT2D eigenvalue weighted by molar-refractivity contribution is -0.121. The summed E-state index contributed by atoms with van der Waals surface area (Å²) in [5.41, 5.74) is 4.45. The van der Waals surface area contributed by atoms with Crippen molar-refractivity contribution in [3.63, 3.8) is 0 Å². The van der Waals surface area contributed by atoms with Crippen molar-refractivity contribution >= 4 is 63.5 Å². The lowest BCUT2D eigenvalue weighted by Crippen LogP contribution is -2.36. The van der Waals surface area contributed by atoms with Gasteiger partial charge in [0, 0.05) is 31.5 Å². The molecule has 0 saturated carbocycles. The van der Waals surface area contributed by atoms with Crippen LogP contribution in [0.4, 0.5) is 17.1 Å². The van der Waals surface area contributed by atoms with E-state index in [1.54, 1.807) is 31.3 Å². The van der Waals surface area contributed by atoms with E-state index in [-0.39, 0.29) is 18.4 Å². The predicted octanol–water partition coefficient (Wildman–Crippen LogP) is 5.74. The molecule has 5 rings (SSSR count). The van der Waals surface area contributed by atoms with Crippen LogP contribution in [0.1, 0.15) is 11.1 Å². The fourth-order valence-corrected chi connectivity index (χ4v) is 5.40. The largest absolute Gasteiger partial charge is 0.482 e. The first-order valence-electron chi connectivity index (χ1n) is 12.8. The lowest BCUT2D eigenvalue weighted by Gasteiger charge is -2.28. The Hall–Kier alpha value is -3.79. The summed E-state index contributed by atoms with van der Waals surface area (Å²) < 4.78 is 11.0. The monoisotopic (exact) mass is 576 g/mol. The van der Waals surface area contributed by atoms with Crippen molar-refractivity contribution in [1.29, 1.82) is 0 Å². The van der Waals surface area contributed by atoms with Gasteiger partial charge in [0.1, 0.15) is 5.75 Å². The summed E-state index contributed by atoms with van der Waals surface area (Å²) in [4.78, 5) is 34.2. The Morgan fingerprint density at radius 3 is 2.52 bits per heavy atom. The number of ether oxygens (including phenoxy) is 2. The van der Waals surface area contributed by atoms with Gasteiger partial charge in [-0.2, -0.15) is 0 Å². The van der Waals surface area contributed by atoms with E-state index >= 15 is 0 Å². The minimum absolute atomic E-state index is 0.141. The maximum absolute atomic E-state index is 12.9. The summed E-state index contributed by atoms with van der Waals surface area (Å²) in [5, 5.41) is 3.73. The van der Waals surface area contributed by atoms with Gasteiger partial charge >= 0.3 is 0 Å². The van der Waals surface area contributed by atoms with E-state index in [0.717, 1.165) is 48.8 Å². The van der Waals surface area contributed by atoms with Crippen molar-refractivity contribution in [1.82, 2.24) is 4.90 Å². The summed E-state index contributed by atoms with van der Waals surface area (Å²) in [7, 11) is 1.71. The van der Waals surface area contributed by atoms with E-state index in [1.165, 1.54) is 16.7 Å². The molecular weight excluding hydrogens is 548 g/mol. The Labute approximate surface area is 242 Å². The van der Waals surface area contributed by atoms with Gasteiger partial charge in [-0.05, 0) is 78.9 Å². The second kappa shape index (κ2) is 12.6. The highest BCUT2D eigenvalue weighted by atomic mass is 35.5. The van der Waals surface area contributed by atoms with E-state index in [2.05, 4.69) is 10.2 Å². The summed E-state index contributed by atoms with van der Waals surface area (Å²) in [6, 6.07) is 20.7. The Kier molecular flexibility index (Phi) is 8.74. The number of hydrogen-bond donors (Lipinski definition) is 1. The average molecular weight is 577 g/mol. The van der Waals surface area contributed by atoms with Gasteiger partial charge in [0.05, 0.1) is 28.8 Å². The number of carbonyl (C=O) groups is 2. The molecule has 2 amide bonds. The second-order valence-electron chi connectivity index (χ2n) is 9.38. The van der Waals surface area contributed by atoms with Crippen molar-refractivity contribution in [2.45, 2.75) is 6.92 Å². The van der Waals surface area contributed by atoms with Gasteiger partial charge in [-0.3, -0.25) is 14.5 Å². The first kappa shape index (κ1) is 27.8. The Morgan fingerprint density at radius 2 is 1.82 bits per heavy atom. The van der Waals surface area contributed by atoms with E-state index in [4.69, 9.17) is 26.1 Å². The molecule has 0 spiro atoms. The first-order chi connectivity index (χ1) is 19.4. The molecule has 2 heterocycles. The van der Waals surface area contributed by atoms with E-state index in [1.807, 2.05) is 55.5 Å². The molecule has 1 N–H and O–H groups in total. The molecule has 0 bridgehead atoms. The number of nitrogens with zero attached hydrogens (tertiary/aromatic N) is 3. The molecule has 0 radical (unpaired) electrons. The molecule has 3 aromatic rings. The van der Waals surface area contributed by atoms with Gasteiger partial charge in [-0.15, -0.1) is 0 Å². The van der Waals surface area contributed by atoms with Gasteiger partial charge < -0.3 is 19.7 Å². The Bertz CT molecular complexity index is 1450. The third-order valence-electron chi connectivity index (χ3n) is 6.40. The lowest BCUT2D eigenvalue weighted by atomic mass is 10.2. The second-order valence-corrected chi connectivity index (χ2v) is 10.8. The van der Waals surface area contributed by atoms with Crippen LogP contribution in [-0.4, -0.2) is 61.8 Å². The van der Waals surface area contributed by atoms with Crippen molar-refractivity contribution in [2.24, 2.45) is 4.99 Å². The molecule has 0 unspecified atom stereocenters. The number of rotatable bonds is 7. The van der Waals surface area contributed by atoms with Crippen LogP contribution in [0, 0.1) is 6.92 Å². The summed E-state index contributed by atoms with van der Waals surface area (Å²) in [6.45, 7) is 5.01. The number of thioether (sulfide) groups is 1. The molecule has 8 nitrogen and oxygen atoms in total. The van der Waals surface area contributed by atoms with E-state index in [9.17, 15) is 9.59 Å². The number of amidine groups is 1. The summed E-state index contributed by atoms with van der Waals surface area (Å²) in [5.74, 6) is -0.0456. The topological polar surface area (TPSA) is 83.5 Å². The highest BCUT2D eigenvalue weighted by Gasteiger charge is 2.30. The van der Waals surface area contributed by atoms with Gasteiger partial charge in [-0.25, -0.2) is 4.99 Å². The van der Waals surface area contributed by atoms with Crippen LogP contribution in [0.15, 0.2) is 76.6 Å². The highest BCUT2D eigenvalue weighted by molar-refractivity contribution is 8.18. The summed E-state index contributed by atoms with van der Waals surface area (Å²) >= 11 is 7.73. The van der Waals surface area contributed by atoms with Gasteiger partial charge in [0.2, 0.25) is 0 Å². The zero-order valence-corrected chi connectivity index (χ0v) is 23.8.